The summed E-state index contributed by atoms with van der Waals surface area (Å²) >= 11 is 0. The highest BCUT2D eigenvalue weighted by Crippen LogP contribution is 2.32. The van der Waals surface area contributed by atoms with Gasteiger partial charge in [-0.25, -0.2) is 4.79 Å². The fourth-order valence-electron chi connectivity index (χ4n) is 2.14. The van der Waals surface area contributed by atoms with Crippen molar-refractivity contribution in [2.45, 2.75) is 51.9 Å². The van der Waals surface area contributed by atoms with Crippen molar-refractivity contribution in [2.24, 2.45) is 11.7 Å². The topological polar surface area (TPSA) is 75.8 Å². The first kappa shape index (κ1) is 14.3. The highest BCUT2D eigenvalue weighted by atomic mass is 16.6. The van der Waals surface area contributed by atoms with Gasteiger partial charge in [-0.15, -0.1) is 0 Å². The number of hydrogen-bond acceptors (Lipinski definition) is 4. The summed E-state index contributed by atoms with van der Waals surface area (Å²) in [5, 5.41) is 10.4. The van der Waals surface area contributed by atoms with E-state index in [0.717, 1.165) is 6.54 Å². The summed E-state index contributed by atoms with van der Waals surface area (Å²) in [5.74, 6) is 0.0137. The minimum Gasteiger partial charge on any atom is -0.442 e. The van der Waals surface area contributed by atoms with Crippen molar-refractivity contribution in [1.82, 2.24) is 4.90 Å². The van der Waals surface area contributed by atoms with Crippen LogP contribution < -0.4 is 5.73 Å². The number of carbonyl (C=O) groups excluding carboxylic acids is 1. The molecule has 0 bridgehead atoms. The average Bonchev–Trinajstić information content (AvgIpc) is 2.10. The number of hydrogen-bond donors (Lipinski definition) is 2. The molecule has 1 unspecified atom stereocenters. The molecular weight excluding hydrogens is 220 g/mol. The van der Waals surface area contributed by atoms with Gasteiger partial charge in [-0.05, 0) is 27.7 Å². The lowest BCUT2D eigenvalue weighted by molar-refractivity contribution is -0.151. The molecule has 1 saturated heterocycles. The van der Waals surface area contributed by atoms with Gasteiger partial charge in [0, 0.05) is 24.5 Å². The molecule has 1 aliphatic rings. The number of piperidine rings is 1. The van der Waals surface area contributed by atoms with Gasteiger partial charge >= 0.3 is 6.09 Å². The van der Waals surface area contributed by atoms with Gasteiger partial charge in [0.05, 0.1) is 0 Å². The maximum absolute atomic E-state index is 10.9. The van der Waals surface area contributed by atoms with Crippen LogP contribution in [-0.4, -0.2) is 46.4 Å². The van der Waals surface area contributed by atoms with Gasteiger partial charge in [-0.1, -0.05) is 6.92 Å². The van der Waals surface area contributed by atoms with Crippen molar-refractivity contribution in [3.63, 3.8) is 0 Å². The van der Waals surface area contributed by atoms with E-state index in [1.165, 1.54) is 0 Å². The number of likely N-dealkylation sites (tertiary alicyclic amines) is 1. The Kier molecular flexibility index (Phi) is 3.74. The summed E-state index contributed by atoms with van der Waals surface area (Å²) in [4.78, 5) is 13.1. The van der Waals surface area contributed by atoms with E-state index in [1.807, 2.05) is 6.92 Å². The summed E-state index contributed by atoms with van der Waals surface area (Å²) in [5.41, 5.74) is 4.00. The zero-order valence-electron chi connectivity index (χ0n) is 11.4. The monoisotopic (exact) mass is 244 g/mol. The third-order valence-electron chi connectivity index (χ3n) is 3.74. The minimum absolute atomic E-state index is 0.0137. The Morgan fingerprint density at radius 3 is 2.41 bits per heavy atom. The Hall–Kier alpha value is -0.810. The molecule has 1 heterocycles. The predicted octanol–water partition coefficient (Wildman–Crippen LogP) is 0.952. The number of amides is 1. The lowest BCUT2D eigenvalue weighted by Crippen LogP contribution is -2.63. The van der Waals surface area contributed by atoms with Crippen LogP contribution in [0.2, 0.25) is 0 Å². The van der Waals surface area contributed by atoms with Crippen LogP contribution in [0.15, 0.2) is 0 Å². The lowest BCUT2D eigenvalue weighted by atomic mass is 9.80. The summed E-state index contributed by atoms with van der Waals surface area (Å²) < 4.78 is 5.05. The van der Waals surface area contributed by atoms with Gasteiger partial charge in [0.2, 0.25) is 0 Å². The Balaban J connectivity index is 2.88. The molecule has 5 heteroatoms. The number of nitrogens with two attached hydrogens (primary N) is 1. The summed E-state index contributed by atoms with van der Waals surface area (Å²) in [6.07, 6.45) is -1.42. The third-order valence-corrected chi connectivity index (χ3v) is 3.74. The summed E-state index contributed by atoms with van der Waals surface area (Å²) in [7, 11) is 0. The number of aliphatic hydroxyl groups is 1. The molecule has 1 amide bonds. The highest BCUT2D eigenvalue weighted by molar-refractivity contribution is 5.65. The van der Waals surface area contributed by atoms with Crippen molar-refractivity contribution in [2.75, 3.05) is 13.1 Å². The molecule has 3 atom stereocenters. The standard InChI is InChI=1S/C12H24N2O3/c1-8-6-14(11(2,3)4)7-9(12(8,5)16)17-10(13)15/h8-9,16H,6-7H2,1-5H3,(H2,13,15)/t8-,9+,12?/m0/s1. The van der Waals surface area contributed by atoms with Crippen molar-refractivity contribution in [3.8, 4) is 0 Å². The number of rotatable bonds is 1. The molecule has 0 radical (unpaired) electrons. The highest BCUT2D eigenvalue weighted by Gasteiger charge is 2.47. The average molecular weight is 244 g/mol. The largest absolute Gasteiger partial charge is 0.442 e. The quantitative estimate of drug-likeness (QED) is 0.720. The molecule has 17 heavy (non-hydrogen) atoms. The van der Waals surface area contributed by atoms with E-state index in [9.17, 15) is 9.90 Å². The first-order chi connectivity index (χ1) is 7.55. The number of nitrogens with zero attached hydrogens (tertiary/aromatic N) is 1. The van der Waals surface area contributed by atoms with E-state index < -0.39 is 17.8 Å². The second-order valence-electron chi connectivity index (χ2n) is 6.13. The molecular formula is C12H24N2O3. The maximum atomic E-state index is 10.9. The van der Waals surface area contributed by atoms with Crippen molar-refractivity contribution in [3.05, 3.63) is 0 Å². The molecule has 1 aliphatic heterocycles. The van der Waals surface area contributed by atoms with Gasteiger partial charge in [0.25, 0.3) is 0 Å². The van der Waals surface area contributed by atoms with Gasteiger partial charge in [0.1, 0.15) is 11.7 Å². The Bertz CT molecular complexity index is 297. The first-order valence-electron chi connectivity index (χ1n) is 5.98. The van der Waals surface area contributed by atoms with Crippen LogP contribution in [0.4, 0.5) is 4.79 Å². The SMILES string of the molecule is C[C@H]1CN(C(C)(C)C)C[C@@H](OC(N)=O)C1(C)O. The molecule has 3 N–H and O–H groups in total. The van der Waals surface area contributed by atoms with Crippen LogP contribution in [0.1, 0.15) is 34.6 Å². The third kappa shape index (κ3) is 3.10. The minimum atomic E-state index is -1.03. The van der Waals surface area contributed by atoms with Gasteiger partial charge < -0.3 is 15.6 Å². The predicted molar refractivity (Wildman–Crippen MR) is 65.6 cm³/mol. The van der Waals surface area contributed by atoms with Crippen LogP contribution in [-0.2, 0) is 4.74 Å². The van der Waals surface area contributed by atoms with Gasteiger partial charge in [-0.2, -0.15) is 0 Å². The molecule has 1 fully saturated rings. The Morgan fingerprint density at radius 2 is 2.00 bits per heavy atom. The van der Waals surface area contributed by atoms with E-state index >= 15 is 0 Å². The van der Waals surface area contributed by atoms with Crippen LogP contribution in [0.25, 0.3) is 0 Å². The molecule has 100 valence electrons. The molecule has 5 nitrogen and oxygen atoms in total. The van der Waals surface area contributed by atoms with E-state index in [4.69, 9.17) is 10.5 Å². The Labute approximate surface area is 103 Å². The summed E-state index contributed by atoms with van der Waals surface area (Å²) in [6, 6.07) is 0. The van der Waals surface area contributed by atoms with Gasteiger partial charge in [-0.3, -0.25) is 4.90 Å². The Morgan fingerprint density at radius 1 is 1.47 bits per heavy atom. The van der Waals surface area contributed by atoms with Crippen molar-refractivity contribution >= 4 is 6.09 Å². The first-order valence-corrected chi connectivity index (χ1v) is 5.98. The van der Waals surface area contributed by atoms with Crippen LogP contribution in [0.5, 0.6) is 0 Å². The van der Waals surface area contributed by atoms with E-state index in [0.29, 0.717) is 6.54 Å². The van der Waals surface area contributed by atoms with Crippen LogP contribution in [0.3, 0.4) is 0 Å². The fourth-order valence-corrected chi connectivity index (χ4v) is 2.14. The number of carbonyl (C=O) groups is 1. The zero-order valence-corrected chi connectivity index (χ0v) is 11.4. The molecule has 0 saturated carbocycles. The summed E-state index contributed by atoms with van der Waals surface area (Å²) in [6.45, 7) is 11.2. The number of ether oxygens (including phenoxy) is 1. The van der Waals surface area contributed by atoms with Crippen LogP contribution >= 0.6 is 0 Å². The number of primary amides is 1. The maximum Gasteiger partial charge on any atom is 0.404 e. The smallest absolute Gasteiger partial charge is 0.404 e. The van der Waals surface area contributed by atoms with Crippen molar-refractivity contribution in [1.29, 1.82) is 0 Å². The van der Waals surface area contributed by atoms with Crippen LogP contribution in [0, 0.1) is 5.92 Å². The molecule has 0 aliphatic carbocycles. The molecule has 1 rings (SSSR count). The zero-order chi connectivity index (χ0) is 13.4. The van der Waals surface area contributed by atoms with Gasteiger partial charge in [0.15, 0.2) is 0 Å². The fraction of sp³-hybridized carbons (Fsp3) is 0.917. The molecule has 0 spiro atoms. The second-order valence-corrected chi connectivity index (χ2v) is 6.13. The molecule has 0 aromatic heterocycles. The second kappa shape index (κ2) is 4.46. The normalized spacial score (nSPS) is 35.6. The lowest BCUT2D eigenvalue weighted by Gasteiger charge is -2.50. The van der Waals surface area contributed by atoms with Crippen molar-refractivity contribution < 1.29 is 14.6 Å². The van der Waals surface area contributed by atoms with E-state index in [1.54, 1.807) is 6.92 Å². The van der Waals surface area contributed by atoms with E-state index in [2.05, 4.69) is 25.7 Å². The molecule has 0 aromatic rings. The van der Waals surface area contributed by atoms with E-state index in [-0.39, 0.29) is 11.5 Å². The molecule has 0 aromatic carbocycles.